The minimum Gasteiger partial charge on any atom is -0.423 e. The van der Waals surface area contributed by atoms with Crippen molar-refractivity contribution >= 4 is 5.82 Å². The first-order valence-electron chi connectivity index (χ1n) is 6.32. The number of hydrogen-bond donors (Lipinski definition) is 1. The molecule has 0 bridgehead atoms. The second-order valence-corrected chi connectivity index (χ2v) is 4.43. The van der Waals surface area contributed by atoms with Gasteiger partial charge >= 0.3 is 0 Å². The molecule has 3 rings (SSSR count). The molecule has 0 fully saturated rings. The predicted octanol–water partition coefficient (Wildman–Crippen LogP) is 2.57. The Labute approximate surface area is 115 Å². The fourth-order valence-electron chi connectivity index (χ4n) is 1.82. The van der Waals surface area contributed by atoms with Gasteiger partial charge in [0.05, 0.1) is 13.0 Å². The van der Waals surface area contributed by atoms with Crippen molar-refractivity contribution in [3.63, 3.8) is 0 Å². The molecule has 1 aromatic carbocycles. The molecule has 0 radical (unpaired) electrons. The van der Waals surface area contributed by atoms with Crippen LogP contribution in [0.5, 0.6) is 0 Å². The van der Waals surface area contributed by atoms with Crippen molar-refractivity contribution in [3.8, 4) is 0 Å². The number of aryl methyl sites for hydroxylation is 1. The van der Waals surface area contributed by atoms with E-state index in [9.17, 15) is 0 Å². The van der Waals surface area contributed by atoms with Crippen molar-refractivity contribution in [1.82, 2.24) is 15.4 Å². The van der Waals surface area contributed by atoms with E-state index in [0.717, 1.165) is 11.3 Å². The number of rotatable bonds is 5. The summed E-state index contributed by atoms with van der Waals surface area (Å²) in [6.07, 6.45) is 0.636. The molecule has 0 aliphatic carbocycles. The molecule has 2 aromatic heterocycles. The third kappa shape index (κ3) is 3.03. The third-order valence-corrected chi connectivity index (χ3v) is 2.76. The highest BCUT2D eigenvalue weighted by molar-refractivity contribution is 5.33. The fourth-order valence-corrected chi connectivity index (χ4v) is 1.82. The van der Waals surface area contributed by atoms with E-state index in [1.165, 1.54) is 0 Å². The third-order valence-electron chi connectivity index (χ3n) is 2.76. The van der Waals surface area contributed by atoms with Gasteiger partial charge in [-0.05, 0) is 12.5 Å². The van der Waals surface area contributed by atoms with Gasteiger partial charge < -0.3 is 14.3 Å². The molecule has 6 nitrogen and oxygen atoms in total. The van der Waals surface area contributed by atoms with E-state index >= 15 is 0 Å². The summed E-state index contributed by atoms with van der Waals surface area (Å²) in [4.78, 5) is 0. The van der Waals surface area contributed by atoms with Gasteiger partial charge in [0.15, 0.2) is 5.82 Å². The lowest BCUT2D eigenvalue weighted by Gasteiger charge is -1.97. The van der Waals surface area contributed by atoms with Gasteiger partial charge in [0.1, 0.15) is 5.76 Å². The fraction of sp³-hybridized carbons (Fsp3) is 0.214. The van der Waals surface area contributed by atoms with Crippen LogP contribution in [0.15, 0.2) is 45.3 Å². The number of aromatic nitrogens is 3. The van der Waals surface area contributed by atoms with E-state index in [1.54, 1.807) is 6.07 Å². The molecule has 0 aliphatic heterocycles. The number of benzene rings is 1. The van der Waals surface area contributed by atoms with Crippen LogP contribution in [-0.2, 0) is 13.0 Å². The summed E-state index contributed by atoms with van der Waals surface area (Å²) in [5.74, 6) is 2.54. The van der Waals surface area contributed by atoms with E-state index in [1.807, 2.05) is 37.3 Å². The Morgan fingerprint density at radius 1 is 1.10 bits per heavy atom. The molecule has 6 heteroatoms. The lowest BCUT2D eigenvalue weighted by atomic mass is 10.2. The van der Waals surface area contributed by atoms with E-state index in [0.29, 0.717) is 30.6 Å². The van der Waals surface area contributed by atoms with E-state index < -0.39 is 0 Å². The molecule has 0 saturated carbocycles. The van der Waals surface area contributed by atoms with E-state index in [2.05, 4.69) is 20.7 Å². The van der Waals surface area contributed by atoms with Crippen molar-refractivity contribution in [3.05, 3.63) is 59.5 Å². The highest BCUT2D eigenvalue weighted by Crippen LogP contribution is 2.11. The minimum atomic E-state index is 0.424. The number of nitrogens with zero attached hydrogens (tertiary/aromatic N) is 3. The lowest BCUT2D eigenvalue weighted by Crippen LogP contribution is -1.99. The van der Waals surface area contributed by atoms with E-state index in [4.69, 9.17) is 8.94 Å². The first-order chi connectivity index (χ1) is 9.79. The monoisotopic (exact) mass is 270 g/mol. The summed E-state index contributed by atoms with van der Waals surface area (Å²) < 4.78 is 10.5. The summed E-state index contributed by atoms with van der Waals surface area (Å²) in [5, 5.41) is 14.9. The Hall–Kier alpha value is -2.63. The normalized spacial score (nSPS) is 10.7. The summed E-state index contributed by atoms with van der Waals surface area (Å²) >= 11 is 0. The number of anilines is 1. The highest BCUT2D eigenvalue weighted by atomic mass is 16.5. The standard InChI is InChI=1S/C14H14N4O2/c1-10-7-12(18-20-10)15-9-14-17-16-13(19-14)8-11-5-3-2-4-6-11/h2-7H,8-9H2,1H3,(H,15,18). The second-order valence-electron chi connectivity index (χ2n) is 4.43. The van der Waals surface area contributed by atoms with Crippen molar-refractivity contribution in [2.75, 3.05) is 5.32 Å². The van der Waals surface area contributed by atoms with Gasteiger partial charge in [-0.1, -0.05) is 35.5 Å². The molecule has 0 atom stereocenters. The smallest absolute Gasteiger partial charge is 0.235 e. The summed E-state index contributed by atoms with van der Waals surface area (Å²) in [6.45, 7) is 2.26. The maximum Gasteiger partial charge on any atom is 0.235 e. The molecular weight excluding hydrogens is 256 g/mol. The highest BCUT2D eigenvalue weighted by Gasteiger charge is 2.07. The minimum absolute atomic E-state index is 0.424. The zero-order chi connectivity index (χ0) is 13.8. The van der Waals surface area contributed by atoms with Crippen LogP contribution in [0.25, 0.3) is 0 Å². The van der Waals surface area contributed by atoms with Gasteiger partial charge in [0.25, 0.3) is 0 Å². The van der Waals surface area contributed by atoms with Crippen LogP contribution in [-0.4, -0.2) is 15.4 Å². The van der Waals surface area contributed by atoms with Crippen LogP contribution in [0.2, 0.25) is 0 Å². The van der Waals surface area contributed by atoms with Crippen LogP contribution in [0.3, 0.4) is 0 Å². The summed E-state index contributed by atoms with van der Waals surface area (Å²) in [5.41, 5.74) is 1.14. The van der Waals surface area contributed by atoms with E-state index in [-0.39, 0.29) is 0 Å². The molecule has 2 heterocycles. The topological polar surface area (TPSA) is 77.0 Å². The molecule has 102 valence electrons. The molecule has 3 aromatic rings. The molecular formula is C14H14N4O2. The largest absolute Gasteiger partial charge is 0.423 e. The molecule has 0 spiro atoms. The van der Waals surface area contributed by atoms with Crippen LogP contribution >= 0.6 is 0 Å². The Kier molecular flexibility index (Phi) is 3.45. The SMILES string of the molecule is Cc1cc(NCc2nnc(Cc3ccccc3)o2)no1. The zero-order valence-corrected chi connectivity index (χ0v) is 11.0. The zero-order valence-electron chi connectivity index (χ0n) is 11.0. The first-order valence-corrected chi connectivity index (χ1v) is 6.32. The molecule has 0 saturated heterocycles. The van der Waals surface area contributed by atoms with Crippen LogP contribution in [0.1, 0.15) is 23.1 Å². The lowest BCUT2D eigenvalue weighted by molar-refractivity contribution is 0.399. The van der Waals surface area contributed by atoms with Crippen LogP contribution < -0.4 is 5.32 Å². The van der Waals surface area contributed by atoms with Gasteiger partial charge in [-0.15, -0.1) is 10.2 Å². The predicted molar refractivity (Wildman–Crippen MR) is 72.1 cm³/mol. The van der Waals surface area contributed by atoms with Crippen molar-refractivity contribution in [1.29, 1.82) is 0 Å². The average Bonchev–Trinajstić information content (AvgIpc) is 3.07. The summed E-state index contributed by atoms with van der Waals surface area (Å²) in [6, 6.07) is 11.8. The van der Waals surface area contributed by atoms with Crippen LogP contribution in [0, 0.1) is 6.92 Å². The summed E-state index contributed by atoms with van der Waals surface area (Å²) in [7, 11) is 0. The Morgan fingerprint density at radius 3 is 2.65 bits per heavy atom. The maximum absolute atomic E-state index is 5.57. The second kappa shape index (κ2) is 5.56. The van der Waals surface area contributed by atoms with Gasteiger partial charge in [-0.25, -0.2) is 0 Å². The Bertz CT molecular complexity index is 675. The van der Waals surface area contributed by atoms with Crippen molar-refractivity contribution in [2.24, 2.45) is 0 Å². The quantitative estimate of drug-likeness (QED) is 0.767. The van der Waals surface area contributed by atoms with Crippen molar-refractivity contribution in [2.45, 2.75) is 19.9 Å². The van der Waals surface area contributed by atoms with Crippen LogP contribution in [0.4, 0.5) is 5.82 Å². The number of hydrogen-bond acceptors (Lipinski definition) is 6. The average molecular weight is 270 g/mol. The van der Waals surface area contributed by atoms with Gasteiger partial charge in [0.2, 0.25) is 11.8 Å². The van der Waals surface area contributed by atoms with Gasteiger partial charge in [-0.2, -0.15) is 0 Å². The van der Waals surface area contributed by atoms with Crippen molar-refractivity contribution < 1.29 is 8.94 Å². The maximum atomic E-state index is 5.57. The number of nitrogens with one attached hydrogen (secondary N) is 1. The molecule has 1 N–H and O–H groups in total. The molecule has 0 amide bonds. The molecule has 20 heavy (non-hydrogen) atoms. The molecule has 0 aliphatic rings. The Balaban J connectivity index is 1.59. The first kappa shape index (κ1) is 12.4. The van der Waals surface area contributed by atoms with Gasteiger partial charge in [-0.3, -0.25) is 0 Å². The molecule has 0 unspecified atom stereocenters. The van der Waals surface area contributed by atoms with Gasteiger partial charge in [0, 0.05) is 6.07 Å². The Morgan fingerprint density at radius 2 is 1.90 bits per heavy atom.